The van der Waals surface area contributed by atoms with Crippen LogP contribution in [0.3, 0.4) is 0 Å². The summed E-state index contributed by atoms with van der Waals surface area (Å²) in [5, 5.41) is 35.3. The molecule has 1 fully saturated rings. The third-order valence-corrected chi connectivity index (χ3v) is 15.0. The minimum Gasteiger partial charge on any atom is -0.481 e. The van der Waals surface area contributed by atoms with E-state index in [1.807, 2.05) is 24.3 Å². The van der Waals surface area contributed by atoms with Gasteiger partial charge in [-0.1, -0.05) is 50.5 Å². The number of guanidine groups is 1. The summed E-state index contributed by atoms with van der Waals surface area (Å²) in [4.78, 5) is 20.4. The van der Waals surface area contributed by atoms with Gasteiger partial charge in [-0.25, -0.2) is 13.4 Å². The van der Waals surface area contributed by atoms with E-state index in [0.29, 0.717) is 169 Å². The van der Waals surface area contributed by atoms with Crippen molar-refractivity contribution in [1.29, 1.82) is 5.26 Å². The number of aliphatic hydroxyl groups is 1. The second kappa shape index (κ2) is 41.6. The van der Waals surface area contributed by atoms with Crippen LogP contribution in [-0.4, -0.2) is 205 Å². The Morgan fingerprint density at radius 3 is 1.77 bits per heavy atom. The van der Waals surface area contributed by atoms with Crippen molar-refractivity contribution in [3.05, 3.63) is 83.4 Å². The van der Waals surface area contributed by atoms with Gasteiger partial charge >= 0.3 is 5.97 Å². The first-order chi connectivity index (χ1) is 40.6. The van der Waals surface area contributed by atoms with E-state index in [2.05, 4.69) is 35.8 Å². The standard InChI is InChI=1S/C60H89N7O15S/c1-2-3-5-12-52-42-56-51(40-53(43-57(56)66-59(52)62)50-13-9-15-55(41-50)83(71,72)67-45-49(46-67)47-68)11-6-4-7-17-63-60(65-54-14-8-10-48(39-54)44-61)64-18-20-74-22-24-76-26-28-78-30-32-80-34-36-82-38-37-81-35-33-79-31-29-77-27-25-75-23-21-73-19-16-58(69)70/h8-10,13-15,39-43,49,68H,2-7,11-12,16-38,45-47H2,1H3,(H2,62,66)(H,69,70)(H2,63,64,65). The van der Waals surface area contributed by atoms with Crippen molar-refractivity contribution in [2.75, 3.05) is 176 Å². The first-order valence-electron chi connectivity index (χ1n) is 29.1. The molecule has 23 heteroatoms. The van der Waals surface area contributed by atoms with E-state index in [1.54, 1.807) is 30.3 Å². The quantitative estimate of drug-likeness (QED) is 0.0189. The van der Waals surface area contributed by atoms with Gasteiger partial charge < -0.3 is 73.9 Å². The lowest BCUT2D eigenvalue weighted by Crippen LogP contribution is -2.51. The first kappa shape index (κ1) is 68.4. The monoisotopic (exact) mass is 1180 g/mol. The van der Waals surface area contributed by atoms with E-state index in [-0.39, 0.29) is 30.4 Å². The van der Waals surface area contributed by atoms with E-state index in [4.69, 9.17) is 68.2 Å². The van der Waals surface area contributed by atoms with Gasteiger partial charge in [0.2, 0.25) is 10.0 Å². The molecule has 2 heterocycles. The summed E-state index contributed by atoms with van der Waals surface area (Å²) >= 11 is 0. The molecular formula is C60H89N7O15S. The van der Waals surface area contributed by atoms with Crippen LogP contribution in [0.1, 0.15) is 68.6 Å². The molecule has 1 aliphatic heterocycles. The zero-order valence-electron chi connectivity index (χ0n) is 48.4. The molecule has 5 rings (SSSR count). The zero-order chi connectivity index (χ0) is 59.0. The number of carboxylic acids is 1. The lowest BCUT2D eigenvalue weighted by atomic mass is 9.94. The molecule has 0 aliphatic carbocycles. The van der Waals surface area contributed by atoms with Gasteiger partial charge in [-0.2, -0.15) is 9.57 Å². The number of fused-ring (bicyclic) bond motifs is 1. The normalized spacial score (nSPS) is 13.1. The average Bonchev–Trinajstić information content (AvgIpc) is 2.88. The fraction of sp³-hybridized carbons (Fsp3) is 0.600. The van der Waals surface area contributed by atoms with Crippen molar-refractivity contribution < 1.29 is 70.8 Å². The van der Waals surface area contributed by atoms with Crippen LogP contribution in [0.15, 0.2) is 76.6 Å². The number of anilines is 2. The summed E-state index contributed by atoms with van der Waals surface area (Å²) in [6, 6.07) is 22.8. The highest BCUT2D eigenvalue weighted by molar-refractivity contribution is 7.89. The molecule has 0 atom stereocenters. The highest BCUT2D eigenvalue weighted by Crippen LogP contribution is 2.33. The number of unbranched alkanes of at least 4 members (excludes halogenated alkanes) is 4. The number of ether oxygens (including phenoxy) is 10. The molecular weight excluding hydrogens is 1090 g/mol. The minimum absolute atomic E-state index is 0.0164. The number of nitrogens with two attached hydrogens (primary N) is 1. The Morgan fingerprint density at radius 2 is 1.22 bits per heavy atom. The fourth-order valence-electron chi connectivity index (χ4n) is 8.58. The number of sulfonamides is 1. The lowest BCUT2D eigenvalue weighted by molar-refractivity contribution is -0.138. The fourth-order valence-corrected chi connectivity index (χ4v) is 10.2. The number of nitrogens with zero attached hydrogens (tertiary/aromatic N) is 4. The molecule has 3 aromatic carbocycles. The van der Waals surface area contributed by atoms with E-state index in [0.717, 1.165) is 90.2 Å². The Balaban J connectivity index is 0.926. The molecule has 6 N–H and O–H groups in total. The van der Waals surface area contributed by atoms with Crippen LogP contribution in [0.25, 0.3) is 22.0 Å². The lowest BCUT2D eigenvalue weighted by Gasteiger charge is -2.36. The second-order valence-corrected chi connectivity index (χ2v) is 21.6. The predicted octanol–water partition coefficient (Wildman–Crippen LogP) is 6.11. The number of aliphatic carboxylic acids is 1. The van der Waals surface area contributed by atoms with Gasteiger partial charge in [0.1, 0.15) is 5.82 Å². The first-order valence-corrected chi connectivity index (χ1v) is 30.5. The molecule has 0 unspecified atom stereocenters. The molecule has 460 valence electrons. The van der Waals surface area contributed by atoms with Crippen molar-refractivity contribution >= 4 is 44.4 Å². The number of aliphatic hydroxyl groups excluding tert-OH is 1. The number of carboxylic acid groups (broad SMARTS) is 1. The van der Waals surface area contributed by atoms with Gasteiger partial charge in [0.05, 0.1) is 161 Å². The number of hydrogen-bond acceptors (Lipinski definition) is 18. The summed E-state index contributed by atoms with van der Waals surface area (Å²) in [5.41, 5.74) is 12.4. The van der Waals surface area contributed by atoms with E-state index in [9.17, 15) is 23.6 Å². The predicted molar refractivity (Wildman–Crippen MR) is 317 cm³/mol. The molecule has 1 aliphatic rings. The SMILES string of the molecule is CCCCCc1cc2c(CCCCC/N=C(\NCCOCCOCCOCCOCCOCCOCCOCCOCCOCCOCCC(=O)O)Nc3cccc(C#N)c3)cc(-c3cccc(S(=O)(=O)N4CC(CO)C4)c3)cc2nc1N. The third-order valence-electron chi connectivity index (χ3n) is 13.1. The number of nitriles is 1. The Kier molecular flexibility index (Phi) is 34.2. The molecule has 4 aromatic rings. The van der Waals surface area contributed by atoms with Gasteiger partial charge in [0, 0.05) is 49.8 Å². The summed E-state index contributed by atoms with van der Waals surface area (Å²) in [5.74, 6) is 0.183. The van der Waals surface area contributed by atoms with Crippen molar-refractivity contribution in [3.8, 4) is 17.2 Å². The molecule has 1 aromatic heterocycles. The smallest absolute Gasteiger partial charge is 0.305 e. The van der Waals surface area contributed by atoms with Gasteiger partial charge in [0.25, 0.3) is 0 Å². The summed E-state index contributed by atoms with van der Waals surface area (Å²) in [6.07, 6.45) is 7.50. The number of benzene rings is 3. The van der Waals surface area contributed by atoms with E-state index < -0.39 is 16.0 Å². The summed E-state index contributed by atoms with van der Waals surface area (Å²) in [7, 11) is -3.70. The van der Waals surface area contributed by atoms with Crippen molar-refractivity contribution in [2.24, 2.45) is 10.9 Å². The van der Waals surface area contributed by atoms with Crippen LogP contribution >= 0.6 is 0 Å². The van der Waals surface area contributed by atoms with Crippen molar-refractivity contribution in [1.82, 2.24) is 14.6 Å². The van der Waals surface area contributed by atoms with Gasteiger partial charge in [-0.05, 0) is 96.8 Å². The molecule has 0 spiro atoms. The van der Waals surface area contributed by atoms with Crippen LogP contribution in [0, 0.1) is 17.2 Å². The zero-order valence-corrected chi connectivity index (χ0v) is 49.3. The number of aryl methyl sites for hydroxylation is 2. The third kappa shape index (κ3) is 27.4. The number of aromatic nitrogens is 1. The molecule has 1 saturated heterocycles. The molecule has 0 amide bonds. The van der Waals surface area contributed by atoms with Gasteiger partial charge in [-0.15, -0.1) is 0 Å². The maximum atomic E-state index is 13.5. The molecule has 0 saturated carbocycles. The van der Waals surface area contributed by atoms with Gasteiger partial charge in [0.15, 0.2) is 5.96 Å². The Bertz CT molecular complexity index is 2640. The molecule has 0 radical (unpaired) electrons. The molecule has 0 bridgehead atoms. The Labute approximate surface area is 490 Å². The van der Waals surface area contributed by atoms with Gasteiger partial charge in [-0.3, -0.25) is 9.79 Å². The van der Waals surface area contributed by atoms with Crippen molar-refractivity contribution in [2.45, 2.75) is 69.6 Å². The van der Waals surface area contributed by atoms with E-state index >= 15 is 0 Å². The second-order valence-electron chi connectivity index (χ2n) is 19.6. The summed E-state index contributed by atoms with van der Waals surface area (Å²) in [6.45, 7) is 12.3. The largest absolute Gasteiger partial charge is 0.481 e. The van der Waals surface area contributed by atoms with Crippen LogP contribution < -0.4 is 16.4 Å². The number of rotatable bonds is 48. The Hall–Kier alpha value is -5.43. The minimum atomic E-state index is -3.70. The van der Waals surface area contributed by atoms with Crippen LogP contribution in [0.5, 0.6) is 0 Å². The van der Waals surface area contributed by atoms with E-state index in [1.165, 1.54) is 4.31 Å². The number of aliphatic imine (C=N–C) groups is 1. The topological polar surface area (TPSA) is 286 Å². The number of hydrogen-bond donors (Lipinski definition) is 5. The molecule has 83 heavy (non-hydrogen) atoms. The summed E-state index contributed by atoms with van der Waals surface area (Å²) < 4.78 is 83.5. The maximum absolute atomic E-state index is 13.5. The highest BCUT2D eigenvalue weighted by Gasteiger charge is 2.36. The number of nitrogen functional groups attached to an aromatic ring is 1. The van der Waals surface area contributed by atoms with Crippen LogP contribution in [-0.2, 0) is 75.0 Å². The number of carbonyl (C=O) groups is 1. The highest BCUT2D eigenvalue weighted by atomic mass is 32.2. The maximum Gasteiger partial charge on any atom is 0.305 e. The average molecular weight is 1180 g/mol. The van der Waals surface area contributed by atoms with Crippen LogP contribution in [0.4, 0.5) is 11.5 Å². The molecule has 22 nitrogen and oxygen atoms in total. The van der Waals surface area contributed by atoms with Crippen LogP contribution in [0.2, 0.25) is 0 Å². The van der Waals surface area contributed by atoms with Crippen molar-refractivity contribution in [3.63, 3.8) is 0 Å². The number of pyridine rings is 1. The Morgan fingerprint density at radius 1 is 0.675 bits per heavy atom. The number of nitrogens with one attached hydrogen (secondary N) is 2.